The Bertz CT molecular complexity index is 397. The summed E-state index contributed by atoms with van der Waals surface area (Å²) in [6.45, 7) is 4.18. The van der Waals surface area contributed by atoms with Crippen molar-refractivity contribution in [3.63, 3.8) is 0 Å². The average Bonchev–Trinajstić information content (AvgIpc) is 2.64. The fourth-order valence-corrected chi connectivity index (χ4v) is 1.36. The number of ether oxygens (including phenoxy) is 1. The third-order valence-corrected chi connectivity index (χ3v) is 2.22. The van der Waals surface area contributed by atoms with Gasteiger partial charge in [-0.1, -0.05) is 0 Å². The van der Waals surface area contributed by atoms with E-state index in [0.29, 0.717) is 12.3 Å². The van der Waals surface area contributed by atoms with Gasteiger partial charge in [0.15, 0.2) is 0 Å². The first-order valence-electron chi connectivity index (χ1n) is 5.47. The normalized spacial score (nSPS) is 10.1. The molecule has 0 N–H and O–H groups in total. The van der Waals surface area contributed by atoms with Crippen LogP contribution in [0.25, 0.3) is 0 Å². The van der Waals surface area contributed by atoms with Crippen LogP contribution in [0.1, 0.15) is 24.9 Å². The number of furan rings is 1. The quantitative estimate of drug-likeness (QED) is 0.577. The minimum Gasteiger partial charge on any atom is -0.466 e. The summed E-state index contributed by atoms with van der Waals surface area (Å²) in [5, 5.41) is 0. The molecule has 0 unspecified atom stereocenters. The summed E-state index contributed by atoms with van der Waals surface area (Å²) in [6.07, 6.45) is -0.232. The molecule has 0 radical (unpaired) electrons. The highest BCUT2D eigenvalue weighted by atomic mass is 16.5. The van der Waals surface area contributed by atoms with Gasteiger partial charge in [-0.25, -0.2) is 0 Å². The largest absolute Gasteiger partial charge is 0.466 e. The van der Waals surface area contributed by atoms with Crippen molar-refractivity contribution in [2.45, 2.75) is 26.8 Å². The topological polar surface area (TPSA) is 59.8 Å². The molecule has 0 aliphatic heterocycles. The number of nitrogens with zero attached hydrogens (tertiary/aromatic N) is 1. The van der Waals surface area contributed by atoms with Gasteiger partial charge >= 0.3 is 5.97 Å². The number of amides is 1. The molecule has 94 valence electrons. The van der Waals surface area contributed by atoms with Crippen molar-refractivity contribution in [1.29, 1.82) is 0 Å². The maximum absolute atomic E-state index is 11.6. The van der Waals surface area contributed by atoms with Gasteiger partial charge in [-0.3, -0.25) is 9.59 Å². The third-order valence-electron chi connectivity index (χ3n) is 2.22. The first kappa shape index (κ1) is 13.3. The Morgan fingerprint density at radius 1 is 1.41 bits per heavy atom. The van der Waals surface area contributed by atoms with Gasteiger partial charge in [-0.15, -0.1) is 0 Å². The van der Waals surface area contributed by atoms with Gasteiger partial charge in [0.2, 0.25) is 5.91 Å². The lowest BCUT2D eigenvalue weighted by atomic mass is 10.3. The van der Waals surface area contributed by atoms with Gasteiger partial charge in [-0.2, -0.15) is 0 Å². The molecule has 17 heavy (non-hydrogen) atoms. The minimum atomic E-state index is -0.500. The Labute approximate surface area is 100 Å². The van der Waals surface area contributed by atoms with E-state index in [4.69, 9.17) is 9.15 Å². The van der Waals surface area contributed by atoms with Crippen molar-refractivity contribution in [2.75, 3.05) is 13.7 Å². The zero-order chi connectivity index (χ0) is 12.8. The fraction of sp³-hybridized carbons (Fsp3) is 0.500. The predicted octanol–water partition coefficient (Wildman–Crippen LogP) is 1.50. The molecule has 0 fully saturated rings. The summed E-state index contributed by atoms with van der Waals surface area (Å²) >= 11 is 0. The van der Waals surface area contributed by atoms with E-state index in [2.05, 4.69) is 0 Å². The molecule has 0 aliphatic rings. The molecule has 5 heteroatoms. The molecular weight excluding hydrogens is 222 g/mol. The first-order valence-corrected chi connectivity index (χ1v) is 5.47. The summed E-state index contributed by atoms with van der Waals surface area (Å²) < 4.78 is 10.1. The highest BCUT2D eigenvalue weighted by Gasteiger charge is 2.15. The van der Waals surface area contributed by atoms with E-state index >= 15 is 0 Å². The molecule has 1 heterocycles. The van der Waals surface area contributed by atoms with E-state index < -0.39 is 5.97 Å². The van der Waals surface area contributed by atoms with E-state index in [9.17, 15) is 9.59 Å². The number of carbonyl (C=O) groups excluding carboxylic acids is 2. The van der Waals surface area contributed by atoms with E-state index in [1.54, 1.807) is 14.0 Å². The molecule has 1 aromatic heterocycles. The number of aryl methyl sites for hydroxylation is 1. The second-order valence-corrected chi connectivity index (χ2v) is 3.74. The van der Waals surface area contributed by atoms with E-state index in [0.717, 1.165) is 5.76 Å². The SMILES string of the molecule is CCOC(=O)CC(=O)N(C)Cc1ccc(C)o1. The molecule has 0 aliphatic carbocycles. The molecule has 1 amide bonds. The minimum absolute atomic E-state index is 0.232. The van der Waals surface area contributed by atoms with Crippen molar-refractivity contribution in [3.05, 3.63) is 23.7 Å². The summed E-state index contributed by atoms with van der Waals surface area (Å²) in [6, 6.07) is 3.64. The Kier molecular flexibility index (Phi) is 4.75. The lowest BCUT2D eigenvalue weighted by molar-refractivity contribution is -0.148. The lowest BCUT2D eigenvalue weighted by Crippen LogP contribution is -2.28. The zero-order valence-electron chi connectivity index (χ0n) is 10.4. The van der Waals surface area contributed by atoms with Crippen LogP contribution in [-0.2, 0) is 20.9 Å². The number of rotatable bonds is 5. The Hall–Kier alpha value is -1.78. The summed E-state index contributed by atoms with van der Waals surface area (Å²) in [4.78, 5) is 24.2. The van der Waals surface area contributed by atoms with Crippen LogP contribution in [0.5, 0.6) is 0 Å². The molecule has 0 aromatic carbocycles. The first-order chi connectivity index (χ1) is 8.02. The van der Waals surface area contributed by atoms with Gasteiger partial charge < -0.3 is 14.1 Å². The second-order valence-electron chi connectivity index (χ2n) is 3.74. The molecule has 0 saturated heterocycles. The summed E-state index contributed by atoms with van der Waals surface area (Å²) in [5.41, 5.74) is 0. The van der Waals surface area contributed by atoms with Crippen LogP contribution in [0.15, 0.2) is 16.5 Å². The van der Waals surface area contributed by atoms with Crippen LogP contribution in [0, 0.1) is 6.92 Å². The van der Waals surface area contributed by atoms with Gasteiger partial charge in [0.1, 0.15) is 17.9 Å². The van der Waals surface area contributed by atoms with Crippen LogP contribution >= 0.6 is 0 Å². The number of carbonyl (C=O) groups is 2. The van der Waals surface area contributed by atoms with Crippen LogP contribution in [0.4, 0.5) is 0 Å². The second kappa shape index (κ2) is 6.08. The number of esters is 1. The van der Waals surface area contributed by atoms with Gasteiger partial charge in [0.05, 0.1) is 13.2 Å². The van der Waals surface area contributed by atoms with E-state index in [1.165, 1.54) is 4.90 Å². The molecule has 0 atom stereocenters. The zero-order valence-corrected chi connectivity index (χ0v) is 10.4. The smallest absolute Gasteiger partial charge is 0.315 e. The van der Waals surface area contributed by atoms with Crippen molar-refractivity contribution in [2.24, 2.45) is 0 Å². The van der Waals surface area contributed by atoms with Crippen molar-refractivity contribution in [1.82, 2.24) is 4.90 Å². The van der Waals surface area contributed by atoms with Crippen LogP contribution in [-0.4, -0.2) is 30.4 Å². The van der Waals surface area contributed by atoms with Gasteiger partial charge in [0, 0.05) is 7.05 Å². The summed E-state index contributed by atoms with van der Waals surface area (Å²) in [5.74, 6) is 0.714. The number of hydrogen-bond donors (Lipinski definition) is 0. The standard InChI is InChI=1S/C12H17NO4/c1-4-16-12(15)7-11(14)13(3)8-10-6-5-9(2)17-10/h5-6H,4,7-8H2,1-3H3. The van der Waals surface area contributed by atoms with Crippen LogP contribution < -0.4 is 0 Å². The molecule has 0 saturated carbocycles. The van der Waals surface area contributed by atoms with Crippen molar-refractivity contribution < 1.29 is 18.7 Å². The van der Waals surface area contributed by atoms with Crippen LogP contribution in [0.3, 0.4) is 0 Å². The molecule has 0 bridgehead atoms. The highest BCUT2D eigenvalue weighted by Crippen LogP contribution is 2.09. The lowest BCUT2D eigenvalue weighted by Gasteiger charge is -2.15. The van der Waals surface area contributed by atoms with Crippen LogP contribution in [0.2, 0.25) is 0 Å². The third kappa shape index (κ3) is 4.30. The molecule has 1 aromatic rings. The maximum atomic E-state index is 11.6. The van der Waals surface area contributed by atoms with E-state index in [-0.39, 0.29) is 18.9 Å². The highest BCUT2D eigenvalue weighted by molar-refractivity contribution is 5.94. The van der Waals surface area contributed by atoms with Crippen molar-refractivity contribution in [3.8, 4) is 0 Å². The number of hydrogen-bond acceptors (Lipinski definition) is 4. The predicted molar refractivity (Wildman–Crippen MR) is 61.2 cm³/mol. The van der Waals surface area contributed by atoms with Crippen molar-refractivity contribution >= 4 is 11.9 Å². The monoisotopic (exact) mass is 239 g/mol. The fourth-order valence-electron chi connectivity index (χ4n) is 1.36. The molecule has 1 rings (SSSR count). The average molecular weight is 239 g/mol. The van der Waals surface area contributed by atoms with Gasteiger partial charge in [-0.05, 0) is 26.0 Å². The van der Waals surface area contributed by atoms with Gasteiger partial charge in [0.25, 0.3) is 0 Å². The molecule has 5 nitrogen and oxygen atoms in total. The Morgan fingerprint density at radius 2 is 2.12 bits per heavy atom. The Balaban J connectivity index is 2.44. The van der Waals surface area contributed by atoms with E-state index in [1.807, 2.05) is 19.1 Å². The summed E-state index contributed by atoms with van der Waals surface area (Å²) in [7, 11) is 1.62. The molecule has 0 spiro atoms. The maximum Gasteiger partial charge on any atom is 0.315 e. The Morgan fingerprint density at radius 3 is 2.65 bits per heavy atom. The molecular formula is C12H17NO4.